The molecule has 0 amide bonds. The molecule has 0 unspecified atom stereocenters. The van der Waals surface area contributed by atoms with Gasteiger partial charge in [-0.25, -0.2) is 14.3 Å². The molecule has 1 aromatic carbocycles. The van der Waals surface area contributed by atoms with Gasteiger partial charge < -0.3 is 4.55 Å². The topological polar surface area (TPSA) is 87.1 Å². The maximum Gasteiger partial charge on any atom is 0.285 e. The number of nitrogen functional groups attached to an aromatic ring is 1. The van der Waals surface area contributed by atoms with Crippen LogP contribution in [0, 0.1) is 11.8 Å². The number of benzene rings is 1. The van der Waals surface area contributed by atoms with Gasteiger partial charge in [0.2, 0.25) is 6.20 Å². The van der Waals surface area contributed by atoms with E-state index in [9.17, 15) is 0 Å². The summed E-state index contributed by atoms with van der Waals surface area (Å²) >= 11 is 0. The Kier molecular flexibility index (Phi) is 5.72. The third kappa shape index (κ3) is 7.16. The molecule has 0 aliphatic heterocycles. The maximum atomic E-state index is 9.08. The molecule has 6 heteroatoms. The molecule has 0 saturated carbocycles. The molecule has 2 aromatic rings. The van der Waals surface area contributed by atoms with Crippen LogP contribution in [-0.4, -0.2) is 19.2 Å². The van der Waals surface area contributed by atoms with Gasteiger partial charge in [0.05, 0.1) is 10.1 Å². The number of hydrogen-bond acceptors (Lipinski definition) is 4. The SMILES string of the molecule is CS(=O)(=O)[O-].N[n+]1ccccc1C#Cc1ccccc1. The number of rotatable bonds is 0. The van der Waals surface area contributed by atoms with Crippen molar-refractivity contribution < 1.29 is 17.6 Å². The fourth-order valence-electron chi connectivity index (χ4n) is 1.22. The van der Waals surface area contributed by atoms with Crippen molar-refractivity contribution in [2.75, 3.05) is 12.1 Å². The molecule has 1 heterocycles. The zero-order valence-corrected chi connectivity index (χ0v) is 11.7. The van der Waals surface area contributed by atoms with Crippen molar-refractivity contribution in [3.8, 4) is 11.8 Å². The Morgan fingerprint density at radius 3 is 2.15 bits per heavy atom. The van der Waals surface area contributed by atoms with Crippen molar-refractivity contribution >= 4 is 10.1 Å². The molecule has 20 heavy (non-hydrogen) atoms. The Hall–Kier alpha value is -2.36. The molecule has 104 valence electrons. The first-order valence-electron chi connectivity index (χ1n) is 5.60. The van der Waals surface area contributed by atoms with Crippen LogP contribution in [0.15, 0.2) is 54.7 Å². The molecule has 2 rings (SSSR count). The van der Waals surface area contributed by atoms with Crippen molar-refractivity contribution in [3.05, 3.63) is 66.0 Å². The highest BCUT2D eigenvalue weighted by atomic mass is 32.2. The van der Waals surface area contributed by atoms with Crippen LogP contribution in [0.1, 0.15) is 11.3 Å². The lowest BCUT2D eigenvalue weighted by atomic mass is 10.2. The van der Waals surface area contributed by atoms with Crippen LogP contribution >= 0.6 is 0 Å². The average Bonchev–Trinajstić information content (AvgIpc) is 2.37. The van der Waals surface area contributed by atoms with Crippen LogP contribution in [0.2, 0.25) is 0 Å². The van der Waals surface area contributed by atoms with Crippen molar-refractivity contribution in [1.82, 2.24) is 0 Å². The number of hydrogen-bond donors (Lipinski definition) is 1. The van der Waals surface area contributed by atoms with E-state index in [1.165, 1.54) is 4.68 Å². The van der Waals surface area contributed by atoms with Crippen molar-refractivity contribution in [2.24, 2.45) is 0 Å². The molecule has 0 bridgehead atoms. The Morgan fingerprint density at radius 2 is 1.60 bits per heavy atom. The van der Waals surface area contributed by atoms with E-state index in [4.69, 9.17) is 18.8 Å². The normalized spacial score (nSPS) is 9.70. The predicted octanol–water partition coefficient (Wildman–Crippen LogP) is 0.249. The van der Waals surface area contributed by atoms with E-state index in [1.807, 2.05) is 48.5 Å². The van der Waals surface area contributed by atoms with E-state index in [1.54, 1.807) is 6.20 Å². The van der Waals surface area contributed by atoms with Crippen LogP contribution in [0.3, 0.4) is 0 Å². The van der Waals surface area contributed by atoms with Gasteiger partial charge in [-0.05, 0) is 18.2 Å². The smallest absolute Gasteiger partial charge is 0.285 e. The Morgan fingerprint density at radius 1 is 1.05 bits per heavy atom. The summed E-state index contributed by atoms with van der Waals surface area (Å²) in [7, 11) is -3.92. The molecule has 2 N–H and O–H groups in total. The summed E-state index contributed by atoms with van der Waals surface area (Å²) < 4.78 is 28.7. The first-order chi connectivity index (χ1) is 9.36. The van der Waals surface area contributed by atoms with Crippen LogP contribution in [0.5, 0.6) is 0 Å². The van der Waals surface area contributed by atoms with Crippen molar-refractivity contribution in [1.29, 1.82) is 0 Å². The van der Waals surface area contributed by atoms with E-state index in [0.717, 1.165) is 11.3 Å². The maximum absolute atomic E-state index is 9.08. The van der Waals surface area contributed by atoms with Gasteiger partial charge in [0.1, 0.15) is 0 Å². The molecular formula is C14H14N2O3S. The van der Waals surface area contributed by atoms with Crippen LogP contribution in [0.25, 0.3) is 0 Å². The van der Waals surface area contributed by atoms with Gasteiger partial charge in [0.15, 0.2) is 0 Å². The lowest BCUT2D eigenvalue weighted by Crippen LogP contribution is -2.46. The molecule has 0 atom stereocenters. The van der Waals surface area contributed by atoms with Gasteiger partial charge in [-0.15, -0.1) is 0 Å². The van der Waals surface area contributed by atoms with Crippen LogP contribution < -0.4 is 10.5 Å². The first kappa shape index (κ1) is 15.7. The lowest BCUT2D eigenvalue weighted by molar-refractivity contribution is -0.641. The highest BCUT2D eigenvalue weighted by Crippen LogP contribution is 1.95. The number of pyridine rings is 1. The standard InChI is InChI=1S/C13H11N2.CH4O3S/c14-15-11-5-4-8-13(15)10-9-12-6-2-1-3-7-12;1-5(2,3)4/h1-8,11H,14H2;1H3,(H,2,3,4)/q+1;/p-1. The molecule has 0 spiro atoms. The first-order valence-corrected chi connectivity index (χ1v) is 7.41. The number of nitrogens with zero attached hydrogens (tertiary/aromatic N) is 1. The zero-order valence-electron chi connectivity index (χ0n) is 10.9. The van der Waals surface area contributed by atoms with Crippen LogP contribution in [0.4, 0.5) is 0 Å². The minimum Gasteiger partial charge on any atom is -0.748 e. The lowest BCUT2D eigenvalue weighted by Gasteiger charge is -1.90. The van der Waals surface area contributed by atoms with E-state index in [0.29, 0.717) is 6.26 Å². The average molecular weight is 290 g/mol. The highest BCUT2D eigenvalue weighted by Gasteiger charge is 1.99. The quantitative estimate of drug-likeness (QED) is 0.326. The summed E-state index contributed by atoms with van der Waals surface area (Å²) in [6.45, 7) is 0. The second kappa shape index (κ2) is 7.28. The number of nitrogens with two attached hydrogens (primary N) is 1. The molecule has 0 aliphatic carbocycles. The Labute approximate surface area is 118 Å². The Balaban J connectivity index is 0.000000347. The van der Waals surface area contributed by atoms with Gasteiger partial charge in [-0.3, -0.25) is 0 Å². The summed E-state index contributed by atoms with van der Waals surface area (Å²) in [5, 5.41) is 0. The minimum atomic E-state index is -3.92. The molecular weight excluding hydrogens is 276 g/mol. The van der Waals surface area contributed by atoms with E-state index in [-0.39, 0.29) is 0 Å². The summed E-state index contributed by atoms with van der Waals surface area (Å²) in [4.78, 5) is 0. The predicted molar refractivity (Wildman–Crippen MR) is 74.8 cm³/mol. The third-order valence-corrected chi connectivity index (χ3v) is 2.00. The second-order valence-electron chi connectivity index (χ2n) is 3.81. The molecule has 1 aromatic heterocycles. The van der Waals surface area contributed by atoms with Crippen LogP contribution in [-0.2, 0) is 10.1 Å². The fraction of sp³-hybridized carbons (Fsp3) is 0.0714. The summed E-state index contributed by atoms with van der Waals surface area (Å²) in [5.41, 5.74) is 1.78. The zero-order chi connectivity index (χ0) is 15.0. The molecule has 0 fully saturated rings. The molecule has 0 saturated heterocycles. The summed E-state index contributed by atoms with van der Waals surface area (Å²) in [5.74, 6) is 11.8. The molecule has 5 nitrogen and oxygen atoms in total. The molecule has 0 radical (unpaired) electrons. The van der Waals surface area contributed by atoms with E-state index < -0.39 is 10.1 Å². The second-order valence-corrected chi connectivity index (χ2v) is 5.22. The van der Waals surface area contributed by atoms with Gasteiger partial charge in [-0.2, -0.15) is 0 Å². The molecule has 0 aliphatic rings. The Bertz CT molecular complexity index is 709. The third-order valence-electron chi connectivity index (χ3n) is 2.00. The van der Waals surface area contributed by atoms with Crippen molar-refractivity contribution in [3.63, 3.8) is 0 Å². The largest absolute Gasteiger partial charge is 0.748 e. The van der Waals surface area contributed by atoms with Gasteiger partial charge in [-0.1, -0.05) is 28.8 Å². The number of aromatic nitrogens is 1. The monoisotopic (exact) mass is 290 g/mol. The van der Waals surface area contributed by atoms with Gasteiger partial charge >= 0.3 is 0 Å². The summed E-state index contributed by atoms with van der Waals surface area (Å²) in [6, 6.07) is 15.5. The summed E-state index contributed by atoms with van der Waals surface area (Å²) in [6.07, 6.45) is 2.38. The minimum absolute atomic E-state index is 0.604. The highest BCUT2D eigenvalue weighted by molar-refractivity contribution is 7.84. The fourth-order valence-corrected chi connectivity index (χ4v) is 1.22. The van der Waals surface area contributed by atoms with Crippen molar-refractivity contribution in [2.45, 2.75) is 0 Å². The van der Waals surface area contributed by atoms with E-state index >= 15 is 0 Å². The van der Waals surface area contributed by atoms with E-state index in [2.05, 4.69) is 11.8 Å². The van der Waals surface area contributed by atoms with Gasteiger partial charge in [0, 0.05) is 29.9 Å². The van der Waals surface area contributed by atoms with Gasteiger partial charge in [0.25, 0.3) is 5.69 Å².